The van der Waals surface area contributed by atoms with Gasteiger partial charge in [0.2, 0.25) is 0 Å². The average Bonchev–Trinajstić information content (AvgIpc) is 2.88. The molecule has 1 N–H and O–H groups in total. The van der Waals surface area contributed by atoms with Crippen LogP contribution in [0.5, 0.6) is 5.75 Å². The van der Waals surface area contributed by atoms with Crippen molar-refractivity contribution in [3.05, 3.63) is 94.5 Å². The van der Waals surface area contributed by atoms with Gasteiger partial charge < -0.3 is 14.8 Å². The van der Waals surface area contributed by atoms with E-state index in [0.29, 0.717) is 11.1 Å². The highest BCUT2D eigenvalue weighted by Crippen LogP contribution is 2.55. The number of nitrogens with zero attached hydrogens (tertiary/aromatic N) is 1. The van der Waals surface area contributed by atoms with Crippen molar-refractivity contribution < 1.29 is 31.9 Å². The third kappa shape index (κ3) is 4.93. The molecular formula is C29H26F5NO2. The Morgan fingerprint density at radius 3 is 2.11 bits per heavy atom. The van der Waals surface area contributed by atoms with Crippen LogP contribution >= 0.6 is 0 Å². The van der Waals surface area contributed by atoms with Gasteiger partial charge in [-0.2, -0.15) is 13.2 Å². The van der Waals surface area contributed by atoms with E-state index in [-0.39, 0.29) is 17.2 Å². The summed E-state index contributed by atoms with van der Waals surface area (Å²) in [5.74, 6) is -4.78. The summed E-state index contributed by atoms with van der Waals surface area (Å²) < 4.78 is 70.0. The summed E-state index contributed by atoms with van der Waals surface area (Å²) >= 11 is 0. The number of fused-ring (bicyclic) bond motifs is 1. The van der Waals surface area contributed by atoms with Crippen molar-refractivity contribution in [2.75, 3.05) is 18.0 Å². The zero-order valence-corrected chi connectivity index (χ0v) is 19.9. The Labute approximate surface area is 211 Å². The number of aromatic hydroxyl groups is 1. The summed E-state index contributed by atoms with van der Waals surface area (Å²) in [5.41, 5.74) is 1.38. The third-order valence-electron chi connectivity index (χ3n) is 7.66. The van der Waals surface area contributed by atoms with Crippen LogP contribution in [0.15, 0.2) is 66.7 Å². The molecule has 1 saturated heterocycles. The zero-order valence-electron chi connectivity index (χ0n) is 19.9. The molecule has 3 aromatic carbocycles. The predicted molar refractivity (Wildman–Crippen MR) is 130 cm³/mol. The fourth-order valence-corrected chi connectivity index (χ4v) is 5.68. The highest BCUT2D eigenvalue weighted by atomic mass is 19.4. The molecule has 0 spiro atoms. The third-order valence-corrected chi connectivity index (χ3v) is 7.66. The molecule has 0 radical (unpaired) electrons. The standard InChI is InChI=1S/C29H26F5NO2/c30-28(31)16-25(19-1-5-21(6-2-19)29(32,33)34)27(24-10-9-23(37)15-26(24)28)20-3-7-22(8-4-20)35-13-11-18(17-36)12-14-35/h1-10,15,17-18,25,27,37H,11-14,16H2/t25-,27-/m1/s1. The van der Waals surface area contributed by atoms with E-state index in [1.807, 2.05) is 24.3 Å². The summed E-state index contributed by atoms with van der Waals surface area (Å²) in [6.45, 7) is 1.49. The van der Waals surface area contributed by atoms with Crippen molar-refractivity contribution in [3.8, 4) is 5.75 Å². The normalized spacial score (nSPS) is 21.9. The molecule has 3 aromatic rings. The number of piperidine rings is 1. The molecule has 2 aliphatic rings. The van der Waals surface area contributed by atoms with Gasteiger partial charge in [0.05, 0.1) is 5.56 Å². The summed E-state index contributed by atoms with van der Waals surface area (Å²) in [7, 11) is 0. The Balaban J connectivity index is 1.53. The van der Waals surface area contributed by atoms with Crippen molar-refractivity contribution >= 4 is 12.0 Å². The first-order valence-electron chi connectivity index (χ1n) is 12.3. The lowest BCUT2D eigenvalue weighted by molar-refractivity contribution is -0.137. The fraction of sp³-hybridized carbons (Fsp3) is 0.345. The van der Waals surface area contributed by atoms with E-state index in [1.54, 1.807) is 0 Å². The molecule has 194 valence electrons. The van der Waals surface area contributed by atoms with Crippen LogP contribution in [0.2, 0.25) is 0 Å². The van der Waals surface area contributed by atoms with Gasteiger partial charge in [0.25, 0.3) is 5.92 Å². The molecule has 2 atom stereocenters. The first kappa shape index (κ1) is 25.2. The monoisotopic (exact) mass is 515 g/mol. The van der Waals surface area contributed by atoms with E-state index in [4.69, 9.17) is 0 Å². The number of carbonyl (C=O) groups excluding carboxylic acids is 1. The maximum atomic E-state index is 15.3. The van der Waals surface area contributed by atoms with E-state index in [9.17, 15) is 23.1 Å². The number of phenols is 1. The van der Waals surface area contributed by atoms with Gasteiger partial charge in [-0.1, -0.05) is 30.3 Å². The zero-order chi connectivity index (χ0) is 26.4. The summed E-state index contributed by atoms with van der Waals surface area (Å²) in [4.78, 5) is 13.2. The molecule has 8 heteroatoms. The van der Waals surface area contributed by atoms with Gasteiger partial charge in [-0.25, -0.2) is 8.78 Å². The van der Waals surface area contributed by atoms with Crippen molar-refractivity contribution in [2.45, 2.75) is 43.2 Å². The molecule has 0 aromatic heterocycles. The number of halogens is 5. The van der Waals surface area contributed by atoms with Gasteiger partial charge in [-0.15, -0.1) is 0 Å². The number of anilines is 1. The van der Waals surface area contributed by atoms with Crippen molar-refractivity contribution in [2.24, 2.45) is 5.92 Å². The Morgan fingerprint density at radius 1 is 0.892 bits per heavy atom. The van der Waals surface area contributed by atoms with Crippen LogP contribution in [0.25, 0.3) is 0 Å². The van der Waals surface area contributed by atoms with Crippen LogP contribution in [-0.2, 0) is 16.9 Å². The minimum atomic E-state index is -4.52. The minimum Gasteiger partial charge on any atom is -0.508 e. The van der Waals surface area contributed by atoms with Gasteiger partial charge in [-0.3, -0.25) is 0 Å². The van der Waals surface area contributed by atoms with Crippen molar-refractivity contribution in [1.82, 2.24) is 0 Å². The van der Waals surface area contributed by atoms with Crippen LogP contribution < -0.4 is 4.90 Å². The second-order valence-electron chi connectivity index (χ2n) is 9.94. The van der Waals surface area contributed by atoms with Crippen molar-refractivity contribution in [1.29, 1.82) is 0 Å². The van der Waals surface area contributed by atoms with Crippen LogP contribution in [0, 0.1) is 5.92 Å². The number of benzene rings is 3. The summed E-state index contributed by atoms with van der Waals surface area (Å²) in [6, 6.07) is 16.0. The predicted octanol–water partition coefficient (Wildman–Crippen LogP) is 7.24. The summed E-state index contributed by atoms with van der Waals surface area (Å²) in [5, 5.41) is 9.92. The van der Waals surface area contributed by atoms with Gasteiger partial charge in [0, 0.05) is 48.5 Å². The molecule has 1 fully saturated rings. The summed E-state index contributed by atoms with van der Waals surface area (Å²) in [6.07, 6.45) is -2.57. The number of carbonyl (C=O) groups is 1. The van der Waals surface area contributed by atoms with E-state index in [2.05, 4.69) is 4.90 Å². The van der Waals surface area contributed by atoms with E-state index >= 15 is 8.78 Å². The minimum absolute atomic E-state index is 0.0665. The molecule has 0 bridgehead atoms. The largest absolute Gasteiger partial charge is 0.508 e. The number of aldehydes is 1. The number of phenolic OH excluding ortho intramolecular Hbond substituents is 1. The molecule has 0 unspecified atom stereocenters. The van der Waals surface area contributed by atoms with Crippen LogP contribution in [0.3, 0.4) is 0 Å². The van der Waals surface area contributed by atoms with E-state index in [0.717, 1.165) is 61.7 Å². The molecule has 1 heterocycles. The lowest BCUT2D eigenvalue weighted by atomic mass is 9.68. The molecule has 0 amide bonds. The van der Waals surface area contributed by atoms with Gasteiger partial charge >= 0.3 is 6.18 Å². The van der Waals surface area contributed by atoms with Crippen molar-refractivity contribution in [3.63, 3.8) is 0 Å². The Morgan fingerprint density at radius 2 is 1.51 bits per heavy atom. The van der Waals surface area contributed by atoms with Crippen LogP contribution in [0.4, 0.5) is 27.6 Å². The maximum absolute atomic E-state index is 15.3. The fourth-order valence-electron chi connectivity index (χ4n) is 5.68. The molecule has 37 heavy (non-hydrogen) atoms. The SMILES string of the molecule is O=CC1CCN(c2ccc([C@@H]3c4ccc(O)cc4C(F)(F)C[C@@H]3c3ccc(C(F)(F)F)cc3)cc2)CC1. The average molecular weight is 516 g/mol. The highest BCUT2D eigenvalue weighted by Gasteiger charge is 2.47. The molecule has 3 nitrogen and oxygen atoms in total. The number of alkyl halides is 5. The molecule has 1 aliphatic heterocycles. The molecule has 0 saturated carbocycles. The molecule has 5 rings (SSSR count). The van der Waals surface area contributed by atoms with Gasteiger partial charge in [0.15, 0.2) is 0 Å². The van der Waals surface area contributed by atoms with Gasteiger partial charge in [-0.05, 0) is 65.9 Å². The first-order valence-corrected chi connectivity index (χ1v) is 12.3. The topological polar surface area (TPSA) is 40.5 Å². The van der Waals surface area contributed by atoms with Crippen LogP contribution in [-0.4, -0.2) is 24.5 Å². The Hall–Kier alpha value is -3.42. The van der Waals surface area contributed by atoms with E-state index in [1.165, 1.54) is 24.3 Å². The number of rotatable bonds is 4. The van der Waals surface area contributed by atoms with E-state index < -0.39 is 35.9 Å². The van der Waals surface area contributed by atoms with Gasteiger partial charge in [0.1, 0.15) is 12.0 Å². The van der Waals surface area contributed by atoms with Crippen LogP contribution in [0.1, 0.15) is 58.9 Å². The second kappa shape index (κ2) is 9.47. The lowest BCUT2D eigenvalue weighted by Crippen LogP contribution is -2.34. The molecule has 1 aliphatic carbocycles. The Bertz CT molecular complexity index is 1260. The first-order chi connectivity index (χ1) is 17.6. The second-order valence-corrected chi connectivity index (χ2v) is 9.94. The quantitative estimate of drug-likeness (QED) is 0.294. The smallest absolute Gasteiger partial charge is 0.416 e. The molecular weight excluding hydrogens is 489 g/mol. The lowest BCUT2D eigenvalue weighted by Gasteiger charge is -2.39. The number of hydrogen-bond donors (Lipinski definition) is 1. The highest BCUT2D eigenvalue weighted by molar-refractivity contribution is 5.56. The maximum Gasteiger partial charge on any atom is 0.416 e. The Kier molecular flexibility index (Phi) is 6.46. The number of hydrogen-bond acceptors (Lipinski definition) is 3.